The summed E-state index contributed by atoms with van der Waals surface area (Å²) >= 11 is 0. The Morgan fingerprint density at radius 2 is 0.750 bits per heavy atom. The van der Waals surface area contributed by atoms with Gasteiger partial charge in [0.15, 0.2) is 0 Å². The molecule has 0 unspecified atom stereocenters. The van der Waals surface area contributed by atoms with E-state index in [0.29, 0.717) is 0 Å². The van der Waals surface area contributed by atoms with Crippen LogP contribution < -0.4 is 82.4 Å². The molecule has 0 fully saturated rings. The summed E-state index contributed by atoms with van der Waals surface area (Å²) in [7, 11) is 0. The van der Waals surface area contributed by atoms with E-state index in [4.69, 9.17) is 0 Å². The summed E-state index contributed by atoms with van der Waals surface area (Å²) in [6.45, 7) is 0. The maximum absolute atomic E-state index is 0. The van der Waals surface area contributed by atoms with Crippen LogP contribution >= 0.6 is 0 Å². The Kier molecular flexibility index (Phi) is 137. The predicted molar refractivity (Wildman–Crippen MR) is 0 cm³/mol. The molecule has 0 atom stereocenters. The molecule has 4 heavy (non-hydrogen) atoms. The SMILES string of the molecule is [Br-].[Br-].[Li+].[Na+]. The Morgan fingerprint density at radius 3 is 0.750 bits per heavy atom. The molecule has 16 valence electrons. The van der Waals surface area contributed by atoms with Crippen molar-refractivity contribution in [2.45, 2.75) is 0 Å². The molecule has 0 N–H and O–H groups in total. The Balaban J connectivity index is 0. The van der Waals surface area contributed by atoms with E-state index in [1.165, 1.54) is 0 Å². The molecule has 0 amide bonds. The molecule has 0 rings (SSSR count). The summed E-state index contributed by atoms with van der Waals surface area (Å²) in [6.07, 6.45) is 0. The second-order valence-corrected chi connectivity index (χ2v) is 0. The van der Waals surface area contributed by atoms with E-state index in [9.17, 15) is 0 Å². The summed E-state index contributed by atoms with van der Waals surface area (Å²) in [4.78, 5) is 0. The molecule has 0 saturated carbocycles. The van der Waals surface area contributed by atoms with Gasteiger partial charge in [-0.3, -0.25) is 0 Å². The quantitative estimate of drug-likeness (QED) is 0.332. The zero-order valence-corrected chi connectivity index (χ0v) is 7.93. The first-order chi connectivity index (χ1) is 0. The van der Waals surface area contributed by atoms with Crippen LogP contribution in [0.3, 0.4) is 0 Å². The number of rotatable bonds is 0. The minimum absolute atomic E-state index is 0. The molecule has 0 radical (unpaired) electrons. The van der Waals surface area contributed by atoms with Crippen molar-refractivity contribution in [3.8, 4) is 0 Å². The zero-order valence-electron chi connectivity index (χ0n) is 2.76. The van der Waals surface area contributed by atoms with Gasteiger partial charge in [-0.25, -0.2) is 0 Å². The smallest absolute Gasteiger partial charge is 1.00 e. The zero-order chi connectivity index (χ0) is 0. The summed E-state index contributed by atoms with van der Waals surface area (Å²) in [6, 6.07) is 0. The molecule has 0 spiro atoms. The standard InChI is InChI=1S/2BrH.Li.Na/h2*1H;;/q;;2*+1/p-2. The molecule has 4 heteroatoms. The topological polar surface area (TPSA) is 0 Å². The van der Waals surface area contributed by atoms with E-state index >= 15 is 0 Å². The molecule has 0 aromatic rings. The van der Waals surface area contributed by atoms with Gasteiger partial charge in [-0.15, -0.1) is 0 Å². The van der Waals surface area contributed by atoms with Crippen molar-refractivity contribution >= 4 is 0 Å². The number of hydrogen-bond donors (Lipinski definition) is 0. The van der Waals surface area contributed by atoms with Gasteiger partial charge in [0.05, 0.1) is 0 Å². The van der Waals surface area contributed by atoms with Crippen LogP contribution in [0, 0.1) is 0 Å². The van der Waals surface area contributed by atoms with E-state index in [-0.39, 0.29) is 82.4 Å². The Labute approximate surface area is 81.1 Å². The van der Waals surface area contributed by atoms with E-state index in [0.717, 1.165) is 0 Å². The first-order valence-corrected chi connectivity index (χ1v) is 0. The van der Waals surface area contributed by atoms with Crippen molar-refractivity contribution in [3.63, 3.8) is 0 Å². The third-order valence-electron chi connectivity index (χ3n) is 0. The predicted octanol–water partition coefficient (Wildman–Crippen LogP) is -12.0. The van der Waals surface area contributed by atoms with Crippen molar-refractivity contribution < 1.29 is 82.4 Å². The average molecular weight is 190 g/mol. The van der Waals surface area contributed by atoms with Gasteiger partial charge < -0.3 is 34.0 Å². The van der Waals surface area contributed by atoms with Gasteiger partial charge >= 0.3 is 48.4 Å². The summed E-state index contributed by atoms with van der Waals surface area (Å²) in [5.74, 6) is 0. The minimum atomic E-state index is 0. The van der Waals surface area contributed by atoms with E-state index < -0.39 is 0 Å². The van der Waals surface area contributed by atoms with E-state index in [1.54, 1.807) is 0 Å². The third-order valence-corrected chi connectivity index (χ3v) is 0. The molecule has 0 bridgehead atoms. The monoisotopic (exact) mass is 188 g/mol. The van der Waals surface area contributed by atoms with Gasteiger partial charge in [0.2, 0.25) is 0 Å². The van der Waals surface area contributed by atoms with E-state index in [1.807, 2.05) is 0 Å². The molecule has 0 aliphatic heterocycles. The van der Waals surface area contributed by atoms with Crippen molar-refractivity contribution in [2.75, 3.05) is 0 Å². The molecular weight excluding hydrogens is 190 g/mol. The first-order valence-electron chi connectivity index (χ1n) is 0. The van der Waals surface area contributed by atoms with E-state index in [2.05, 4.69) is 0 Å². The van der Waals surface area contributed by atoms with Crippen molar-refractivity contribution in [1.29, 1.82) is 0 Å². The molecule has 0 aromatic heterocycles. The second kappa shape index (κ2) is 17.6. The molecule has 0 saturated heterocycles. The molecular formula is Br2LiNa. The minimum Gasteiger partial charge on any atom is -1.00 e. The Hall–Kier alpha value is 2.56. The fraction of sp³-hybridized carbons (Fsp3) is 0. The Bertz CT molecular complexity index is 6.00. The third kappa shape index (κ3) is 8.82. The largest absolute Gasteiger partial charge is 1.00 e. The average Bonchev–Trinajstić information content (AvgIpc) is 0. The van der Waals surface area contributed by atoms with Gasteiger partial charge in [-0.05, 0) is 0 Å². The summed E-state index contributed by atoms with van der Waals surface area (Å²) in [5.41, 5.74) is 0. The molecule has 0 aliphatic carbocycles. The molecule has 0 aliphatic rings. The van der Waals surface area contributed by atoms with Crippen LogP contribution in [0.2, 0.25) is 0 Å². The van der Waals surface area contributed by atoms with Crippen LogP contribution in [0.15, 0.2) is 0 Å². The number of hydrogen-bond acceptors (Lipinski definition) is 0. The summed E-state index contributed by atoms with van der Waals surface area (Å²) in [5, 5.41) is 0. The fourth-order valence-electron chi connectivity index (χ4n) is 0. The van der Waals surface area contributed by atoms with Crippen LogP contribution in [-0.2, 0) is 0 Å². The molecule has 0 aromatic carbocycles. The van der Waals surface area contributed by atoms with Crippen molar-refractivity contribution in [1.82, 2.24) is 0 Å². The second-order valence-electron chi connectivity index (χ2n) is 0. The molecule has 0 nitrogen and oxygen atoms in total. The van der Waals surface area contributed by atoms with Crippen LogP contribution in [0.4, 0.5) is 0 Å². The maximum Gasteiger partial charge on any atom is 1.00 e. The molecule has 0 heterocycles. The van der Waals surface area contributed by atoms with Crippen LogP contribution in [-0.4, -0.2) is 0 Å². The van der Waals surface area contributed by atoms with Crippen LogP contribution in [0.1, 0.15) is 0 Å². The van der Waals surface area contributed by atoms with Gasteiger partial charge in [0.25, 0.3) is 0 Å². The summed E-state index contributed by atoms with van der Waals surface area (Å²) < 4.78 is 0. The van der Waals surface area contributed by atoms with Gasteiger partial charge in [-0.2, -0.15) is 0 Å². The van der Waals surface area contributed by atoms with Gasteiger partial charge in [0.1, 0.15) is 0 Å². The van der Waals surface area contributed by atoms with Crippen molar-refractivity contribution in [2.24, 2.45) is 0 Å². The van der Waals surface area contributed by atoms with Crippen molar-refractivity contribution in [3.05, 3.63) is 0 Å². The van der Waals surface area contributed by atoms with Gasteiger partial charge in [-0.1, -0.05) is 0 Å². The maximum atomic E-state index is 0. The normalized spacial score (nSPS) is 0. The fourth-order valence-corrected chi connectivity index (χ4v) is 0. The Morgan fingerprint density at radius 1 is 0.750 bits per heavy atom. The van der Waals surface area contributed by atoms with Crippen LogP contribution in [0.5, 0.6) is 0 Å². The first kappa shape index (κ1) is 31.0. The number of halogens is 2. The van der Waals surface area contributed by atoms with Crippen LogP contribution in [0.25, 0.3) is 0 Å². The van der Waals surface area contributed by atoms with Gasteiger partial charge in [0, 0.05) is 0 Å².